The first-order chi connectivity index (χ1) is 17.0. The summed E-state index contributed by atoms with van der Waals surface area (Å²) in [6, 6.07) is 19.8. The first kappa shape index (κ1) is 22.1. The van der Waals surface area contributed by atoms with Crippen LogP contribution < -0.4 is 16.4 Å². The van der Waals surface area contributed by atoms with Crippen LogP contribution >= 0.6 is 0 Å². The molecule has 0 saturated carbocycles. The lowest BCUT2D eigenvalue weighted by atomic mass is 9.98. The van der Waals surface area contributed by atoms with E-state index in [0.717, 1.165) is 34.5 Å². The van der Waals surface area contributed by atoms with Crippen molar-refractivity contribution in [3.05, 3.63) is 106 Å². The Bertz CT molecular complexity index is 1430. The van der Waals surface area contributed by atoms with Crippen molar-refractivity contribution in [1.29, 1.82) is 0 Å². The SMILES string of the molecule is NCCc1ccc(C(Nc2ccc(-c3c[nH]cn3)cc2)=C2C(=O)Nc3ccc([N+](=O)[O-])cc32)cc1. The Morgan fingerprint density at radius 1 is 1.06 bits per heavy atom. The van der Waals surface area contributed by atoms with Crippen molar-refractivity contribution < 1.29 is 9.72 Å². The Morgan fingerprint density at radius 2 is 1.83 bits per heavy atom. The summed E-state index contributed by atoms with van der Waals surface area (Å²) in [5.41, 5.74) is 11.9. The van der Waals surface area contributed by atoms with Crippen LogP contribution in [0.25, 0.3) is 22.5 Å². The van der Waals surface area contributed by atoms with Crippen molar-refractivity contribution in [1.82, 2.24) is 9.97 Å². The number of nitrogens with zero attached hydrogens (tertiary/aromatic N) is 2. The summed E-state index contributed by atoms with van der Waals surface area (Å²) >= 11 is 0. The number of amides is 1. The first-order valence-corrected chi connectivity index (χ1v) is 11.0. The van der Waals surface area contributed by atoms with E-state index in [1.54, 1.807) is 12.4 Å². The van der Waals surface area contributed by atoms with Crippen LogP contribution in [-0.4, -0.2) is 27.3 Å². The minimum Gasteiger partial charge on any atom is -0.354 e. The maximum Gasteiger partial charge on any atom is 0.270 e. The molecular formula is C26H22N6O3. The Labute approximate surface area is 200 Å². The molecule has 0 radical (unpaired) electrons. The second-order valence-electron chi connectivity index (χ2n) is 8.08. The van der Waals surface area contributed by atoms with Gasteiger partial charge < -0.3 is 21.4 Å². The van der Waals surface area contributed by atoms with Gasteiger partial charge in [-0.05, 0) is 42.3 Å². The molecule has 5 N–H and O–H groups in total. The Kier molecular flexibility index (Phi) is 5.82. The van der Waals surface area contributed by atoms with Crippen LogP contribution in [0.5, 0.6) is 0 Å². The lowest BCUT2D eigenvalue weighted by molar-refractivity contribution is -0.384. The molecule has 0 spiro atoms. The fourth-order valence-corrected chi connectivity index (χ4v) is 4.09. The molecule has 1 aliphatic rings. The Morgan fingerprint density at radius 3 is 2.49 bits per heavy atom. The van der Waals surface area contributed by atoms with Crippen LogP contribution in [0.15, 0.2) is 79.3 Å². The van der Waals surface area contributed by atoms with Crippen molar-refractivity contribution in [2.45, 2.75) is 6.42 Å². The van der Waals surface area contributed by atoms with Gasteiger partial charge in [0.25, 0.3) is 11.6 Å². The average molecular weight is 467 g/mol. The molecule has 0 fully saturated rings. The summed E-state index contributed by atoms with van der Waals surface area (Å²) in [4.78, 5) is 31.2. The molecule has 1 aromatic heterocycles. The lowest BCUT2D eigenvalue weighted by Gasteiger charge is -2.15. The van der Waals surface area contributed by atoms with Gasteiger partial charge in [0.15, 0.2) is 0 Å². The number of hydrogen-bond donors (Lipinski definition) is 4. The van der Waals surface area contributed by atoms with Gasteiger partial charge in [-0.3, -0.25) is 14.9 Å². The highest BCUT2D eigenvalue weighted by Gasteiger charge is 2.30. The van der Waals surface area contributed by atoms with Crippen molar-refractivity contribution in [3.8, 4) is 11.3 Å². The third kappa shape index (κ3) is 4.40. The van der Waals surface area contributed by atoms with E-state index in [1.807, 2.05) is 54.7 Å². The number of carbonyl (C=O) groups excluding carboxylic acids is 1. The normalized spacial score (nSPS) is 13.8. The van der Waals surface area contributed by atoms with Gasteiger partial charge in [0.2, 0.25) is 0 Å². The molecule has 1 amide bonds. The van der Waals surface area contributed by atoms with E-state index in [1.165, 1.54) is 12.1 Å². The standard InChI is InChI=1S/C26H22N6O3/c27-12-11-16-1-3-18(4-2-16)25(30-19-7-5-17(6-8-19)23-14-28-15-29-23)24-21-13-20(32(34)35)9-10-22(21)31-26(24)33/h1-10,13-15,30H,11-12,27H2,(H,28,29)(H,31,33). The van der Waals surface area contributed by atoms with Gasteiger partial charge in [-0.25, -0.2) is 4.98 Å². The fourth-order valence-electron chi connectivity index (χ4n) is 4.09. The number of rotatable bonds is 7. The molecule has 9 heteroatoms. The number of hydrogen-bond acceptors (Lipinski definition) is 6. The number of benzene rings is 3. The lowest BCUT2D eigenvalue weighted by Crippen LogP contribution is -2.10. The molecule has 0 atom stereocenters. The third-order valence-corrected chi connectivity index (χ3v) is 5.83. The molecule has 0 bridgehead atoms. The molecule has 9 nitrogen and oxygen atoms in total. The van der Waals surface area contributed by atoms with E-state index in [0.29, 0.717) is 29.1 Å². The first-order valence-electron chi connectivity index (χ1n) is 11.0. The maximum absolute atomic E-state index is 13.1. The van der Waals surface area contributed by atoms with E-state index in [9.17, 15) is 14.9 Å². The topological polar surface area (TPSA) is 139 Å². The van der Waals surface area contributed by atoms with E-state index in [2.05, 4.69) is 20.6 Å². The third-order valence-electron chi connectivity index (χ3n) is 5.83. The van der Waals surface area contributed by atoms with E-state index in [-0.39, 0.29) is 11.6 Å². The van der Waals surface area contributed by atoms with Crippen LogP contribution in [0.1, 0.15) is 16.7 Å². The van der Waals surface area contributed by atoms with Gasteiger partial charge in [0.05, 0.1) is 28.2 Å². The number of carbonyl (C=O) groups is 1. The van der Waals surface area contributed by atoms with Gasteiger partial charge >= 0.3 is 0 Å². The number of anilines is 2. The molecule has 5 rings (SSSR count). The van der Waals surface area contributed by atoms with Crippen molar-refractivity contribution in [3.63, 3.8) is 0 Å². The number of non-ortho nitro benzene ring substituents is 1. The number of imidazole rings is 1. The molecule has 35 heavy (non-hydrogen) atoms. The van der Waals surface area contributed by atoms with Crippen LogP contribution in [-0.2, 0) is 11.2 Å². The Hall–Kier alpha value is -4.76. The van der Waals surface area contributed by atoms with E-state index in [4.69, 9.17) is 5.73 Å². The zero-order valence-electron chi connectivity index (χ0n) is 18.6. The summed E-state index contributed by atoms with van der Waals surface area (Å²) in [5.74, 6) is -0.331. The van der Waals surface area contributed by atoms with Crippen molar-refractivity contribution in [2.75, 3.05) is 17.2 Å². The van der Waals surface area contributed by atoms with Crippen LogP contribution in [0.3, 0.4) is 0 Å². The summed E-state index contributed by atoms with van der Waals surface area (Å²) in [5, 5.41) is 17.6. The van der Waals surface area contributed by atoms with Crippen LogP contribution in [0, 0.1) is 10.1 Å². The quantitative estimate of drug-likeness (QED) is 0.181. The fraction of sp³-hybridized carbons (Fsp3) is 0.0769. The van der Waals surface area contributed by atoms with Gasteiger partial charge in [-0.1, -0.05) is 36.4 Å². The molecule has 3 aromatic carbocycles. The highest BCUT2D eigenvalue weighted by atomic mass is 16.6. The number of H-pyrrole nitrogens is 1. The van der Waals surface area contributed by atoms with Gasteiger partial charge in [0.1, 0.15) is 0 Å². The summed E-state index contributed by atoms with van der Waals surface area (Å²) in [7, 11) is 0. The molecule has 1 aliphatic heterocycles. The molecular weight excluding hydrogens is 444 g/mol. The number of fused-ring (bicyclic) bond motifs is 1. The summed E-state index contributed by atoms with van der Waals surface area (Å²) in [6.07, 6.45) is 4.17. The number of aromatic nitrogens is 2. The van der Waals surface area contributed by atoms with Crippen molar-refractivity contribution in [2.24, 2.45) is 5.73 Å². The van der Waals surface area contributed by atoms with E-state index < -0.39 is 4.92 Å². The number of aromatic amines is 1. The zero-order chi connectivity index (χ0) is 24.4. The average Bonchev–Trinajstić information content (AvgIpc) is 3.51. The molecule has 4 aromatic rings. The van der Waals surface area contributed by atoms with Crippen LogP contribution in [0.2, 0.25) is 0 Å². The van der Waals surface area contributed by atoms with Gasteiger partial charge in [0, 0.05) is 40.8 Å². The molecule has 174 valence electrons. The summed E-state index contributed by atoms with van der Waals surface area (Å²) in [6.45, 7) is 0.535. The van der Waals surface area contributed by atoms with Gasteiger partial charge in [-0.15, -0.1) is 0 Å². The number of nitrogens with one attached hydrogen (secondary N) is 3. The molecule has 0 unspecified atom stereocenters. The molecule has 0 saturated heterocycles. The number of nitrogens with two attached hydrogens (primary N) is 1. The number of nitro groups is 1. The zero-order valence-corrected chi connectivity index (χ0v) is 18.6. The predicted molar refractivity (Wildman–Crippen MR) is 135 cm³/mol. The second-order valence-corrected chi connectivity index (χ2v) is 8.08. The highest BCUT2D eigenvalue weighted by molar-refractivity contribution is 6.37. The predicted octanol–water partition coefficient (Wildman–Crippen LogP) is 4.42. The second kappa shape index (κ2) is 9.24. The van der Waals surface area contributed by atoms with Crippen LogP contribution in [0.4, 0.5) is 17.1 Å². The van der Waals surface area contributed by atoms with E-state index >= 15 is 0 Å². The highest BCUT2D eigenvalue weighted by Crippen LogP contribution is 2.39. The molecule has 2 heterocycles. The minimum atomic E-state index is -0.469. The Balaban J connectivity index is 1.61. The van der Waals surface area contributed by atoms with Crippen molar-refractivity contribution >= 4 is 34.2 Å². The largest absolute Gasteiger partial charge is 0.354 e. The minimum absolute atomic E-state index is 0.0845. The monoisotopic (exact) mass is 466 g/mol. The maximum atomic E-state index is 13.1. The summed E-state index contributed by atoms with van der Waals surface area (Å²) < 4.78 is 0. The smallest absolute Gasteiger partial charge is 0.270 e. The van der Waals surface area contributed by atoms with Gasteiger partial charge in [-0.2, -0.15) is 0 Å². The number of nitro benzene ring substituents is 1. The molecule has 0 aliphatic carbocycles.